The number of ketones is 1. The van der Waals surface area contributed by atoms with Crippen LogP contribution < -0.4 is 5.32 Å². The van der Waals surface area contributed by atoms with E-state index in [-0.39, 0.29) is 5.92 Å². The van der Waals surface area contributed by atoms with Crippen LogP contribution in [0.5, 0.6) is 0 Å². The first-order valence-corrected chi connectivity index (χ1v) is 8.81. The third kappa shape index (κ3) is 13.0. The van der Waals surface area contributed by atoms with Crippen LogP contribution in [0.15, 0.2) is 0 Å². The molecule has 21 heavy (non-hydrogen) atoms. The van der Waals surface area contributed by atoms with Crippen LogP contribution >= 0.6 is 0 Å². The number of hydrogen-bond acceptors (Lipinski definition) is 3. The zero-order chi connectivity index (χ0) is 16.3. The molecule has 0 aliphatic heterocycles. The maximum absolute atomic E-state index is 12.0. The molecule has 0 amide bonds. The fourth-order valence-corrected chi connectivity index (χ4v) is 2.25. The van der Waals surface area contributed by atoms with Gasteiger partial charge in [-0.15, -0.1) is 0 Å². The Balaban J connectivity index is 4.05. The SMILES string of the molecule is CC(C)CCCCN(CCCNC(C)C)CC(=O)C(C)C. The molecule has 3 nitrogen and oxygen atoms in total. The lowest BCUT2D eigenvalue weighted by Crippen LogP contribution is -2.35. The number of unbranched alkanes of at least 4 members (excludes halogenated alkanes) is 1. The van der Waals surface area contributed by atoms with Crippen LogP contribution in [0.2, 0.25) is 0 Å². The molecular weight excluding hydrogens is 260 g/mol. The fourth-order valence-electron chi connectivity index (χ4n) is 2.25. The van der Waals surface area contributed by atoms with Crippen LogP contribution in [0.25, 0.3) is 0 Å². The minimum atomic E-state index is 0.150. The van der Waals surface area contributed by atoms with Gasteiger partial charge in [-0.2, -0.15) is 0 Å². The number of rotatable bonds is 13. The Labute approximate surface area is 132 Å². The average Bonchev–Trinajstić information content (AvgIpc) is 2.38. The highest BCUT2D eigenvalue weighted by atomic mass is 16.1. The van der Waals surface area contributed by atoms with E-state index in [4.69, 9.17) is 0 Å². The highest BCUT2D eigenvalue weighted by molar-refractivity contribution is 5.82. The smallest absolute Gasteiger partial charge is 0.149 e. The van der Waals surface area contributed by atoms with Gasteiger partial charge in [-0.1, -0.05) is 54.4 Å². The third-order valence-electron chi connectivity index (χ3n) is 3.73. The summed E-state index contributed by atoms with van der Waals surface area (Å²) in [5.41, 5.74) is 0. The maximum atomic E-state index is 12.0. The van der Waals surface area contributed by atoms with Crippen molar-refractivity contribution in [1.29, 1.82) is 0 Å². The van der Waals surface area contributed by atoms with Gasteiger partial charge < -0.3 is 5.32 Å². The second kappa shape index (κ2) is 12.2. The molecule has 0 aromatic rings. The summed E-state index contributed by atoms with van der Waals surface area (Å²) in [4.78, 5) is 14.3. The van der Waals surface area contributed by atoms with Crippen molar-refractivity contribution in [2.45, 2.75) is 73.3 Å². The van der Waals surface area contributed by atoms with Gasteiger partial charge in [0.2, 0.25) is 0 Å². The molecule has 1 N–H and O–H groups in total. The van der Waals surface area contributed by atoms with Crippen LogP contribution in [0.4, 0.5) is 0 Å². The molecule has 126 valence electrons. The van der Waals surface area contributed by atoms with Gasteiger partial charge in [-0.25, -0.2) is 0 Å². The summed E-state index contributed by atoms with van der Waals surface area (Å²) in [7, 11) is 0. The van der Waals surface area contributed by atoms with Gasteiger partial charge in [0.1, 0.15) is 5.78 Å². The van der Waals surface area contributed by atoms with Crippen molar-refractivity contribution in [2.75, 3.05) is 26.2 Å². The van der Waals surface area contributed by atoms with E-state index < -0.39 is 0 Å². The minimum Gasteiger partial charge on any atom is -0.314 e. The molecule has 0 saturated carbocycles. The van der Waals surface area contributed by atoms with Gasteiger partial charge in [0.15, 0.2) is 0 Å². The van der Waals surface area contributed by atoms with Gasteiger partial charge >= 0.3 is 0 Å². The van der Waals surface area contributed by atoms with E-state index in [1.807, 2.05) is 13.8 Å². The number of carbonyl (C=O) groups excluding carboxylic acids is 1. The van der Waals surface area contributed by atoms with E-state index in [0.29, 0.717) is 18.4 Å². The Bertz CT molecular complexity index is 246. The van der Waals surface area contributed by atoms with E-state index in [1.54, 1.807) is 0 Å². The number of nitrogens with zero attached hydrogens (tertiary/aromatic N) is 1. The molecule has 0 rings (SSSR count). The monoisotopic (exact) mass is 298 g/mol. The zero-order valence-electron chi connectivity index (χ0n) is 15.2. The average molecular weight is 299 g/mol. The quantitative estimate of drug-likeness (QED) is 0.526. The fraction of sp³-hybridized carbons (Fsp3) is 0.944. The third-order valence-corrected chi connectivity index (χ3v) is 3.73. The van der Waals surface area contributed by atoms with Crippen molar-refractivity contribution in [3.8, 4) is 0 Å². The zero-order valence-corrected chi connectivity index (χ0v) is 15.2. The molecule has 3 heteroatoms. The Morgan fingerprint density at radius 2 is 1.57 bits per heavy atom. The van der Waals surface area contributed by atoms with Gasteiger partial charge in [-0.3, -0.25) is 9.69 Å². The van der Waals surface area contributed by atoms with Gasteiger partial charge in [0.05, 0.1) is 6.54 Å². The molecule has 0 radical (unpaired) electrons. The van der Waals surface area contributed by atoms with Crippen molar-refractivity contribution in [2.24, 2.45) is 11.8 Å². The molecule has 0 aromatic heterocycles. The number of nitrogens with one attached hydrogen (secondary N) is 1. The van der Waals surface area contributed by atoms with Crippen molar-refractivity contribution < 1.29 is 4.79 Å². The molecule has 0 aliphatic carbocycles. The molecule has 0 bridgehead atoms. The highest BCUT2D eigenvalue weighted by Crippen LogP contribution is 2.08. The lowest BCUT2D eigenvalue weighted by molar-refractivity contribution is -0.123. The first kappa shape index (κ1) is 20.6. The second-order valence-corrected chi connectivity index (χ2v) is 7.25. The van der Waals surface area contributed by atoms with E-state index in [1.165, 1.54) is 19.3 Å². The van der Waals surface area contributed by atoms with E-state index in [0.717, 1.165) is 32.0 Å². The normalized spacial score (nSPS) is 12.1. The van der Waals surface area contributed by atoms with Crippen molar-refractivity contribution in [1.82, 2.24) is 10.2 Å². The molecule has 0 spiro atoms. The summed E-state index contributed by atoms with van der Waals surface area (Å²) in [6.45, 7) is 16.6. The lowest BCUT2D eigenvalue weighted by Gasteiger charge is -2.23. The van der Waals surface area contributed by atoms with Crippen LogP contribution in [0.3, 0.4) is 0 Å². The maximum Gasteiger partial charge on any atom is 0.149 e. The Morgan fingerprint density at radius 3 is 2.10 bits per heavy atom. The van der Waals surface area contributed by atoms with Gasteiger partial charge in [-0.05, 0) is 38.4 Å². The van der Waals surface area contributed by atoms with Gasteiger partial charge in [0, 0.05) is 12.0 Å². The number of Topliss-reactive ketones (excluding diaryl/α,β-unsaturated/α-hetero) is 1. The van der Waals surface area contributed by atoms with Crippen molar-refractivity contribution in [3.63, 3.8) is 0 Å². The molecule has 0 aliphatic rings. The molecule has 0 saturated heterocycles. The van der Waals surface area contributed by atoms with E-state index in [9.17, 15) is 4.79 Å². The van der Waals surface area contributed by atoms with Gasteiger partial charge in [0.25, 0.3) is 0 Å². The largest absolute Gasteiger partial charge is 0.314 e. The van der Waals surface area contributed by atoms with Crippen molar-refractivity contribution in [3.05, 3.63) is 0 Å². The molecule has 0 atom stereocenters. The van der Waals surface area contributed by atoms with Crippen molar-refractivity contribution >= 4 is 5.78 Å². The molecule has 0 unspecified atom stereocenters. The first-order valence-electron chi connectivity index (χ1n) is 8.81. The van der Waals surface area contributed by atoms with Crippen LogP contribution in [0, 0.1) is 11.8 Å². The predicted octanol–water partition coefficient (Wildman–Crippen LogP) is 3.73. The minimum absolute atomic E-state index is 0.150. The van der Waals surface area contributed by atoms with Crippen LogP contribution in [-0.2, 0) is 4.79 Å². The molecule has 0 aromatic carbocycles. The summed E-state index contributed by atoms with van der Waals surface area (Å²) in [6.07, 6.45) is 4.89. The highest BCUT2D eigenvalue weighted by Gasteiger charge is 2.13. The summed E-state index contributed by atoms with van der Waals surface area (Å²) < 4.78 is 0. The first-order chi connectivity index (χ1) is 9.82. The topological polar surface area (TPSA) is 32.3 Å². The standard InChI is InChI=1S/C18H38N2O/c1-15(2)10-7-8-12-20(14-18(21)16(3)4)13-9-11-19-17(5)6/h15-17,19H,7-14H2,1-6H3. The second-order valence-electron chi connectivity index (χ2n) is 7.25. The lowest BCUT2D eigenvalue weighted by atomic mass is 10.1. The Hall–Kier alpha value is -0.410. The Kier molecular flexibility index (Phi) is 11.9. The summed E-state index contributed by atoms with van der Waals surface area (Å²) in [5, 5.41) is 3.45. The van der Waals surface area contributed by atoms with Crippen LogP contribution in [-0.4, -0.2) is 42.9 Å². The summed E-state index contributed by atoms with van der Waals surface area (Å²) in [5.74, 6) is 1.30. The number of hydrogen-bond donors (Lipinski definition) is 1. The number of carbonyl (C=O) groups is 1. The van der Waals surface area contributed by atoms with Crippen LogP contribution in [0.1, 0.15) is 67.2 Å². The molecule has 0 fully saturated rings. The Morgan fingerprint density at radius 1 is 0.952 bits per heavy atom. The summed E-state index contributed by atoms with van der Waals surface area (Å²) in [6, 6.07) is 0.543. The van der Waals surface area contributed by atoms with E-state index in [2.05, 4.69) is 37.9 Å². The summed E-state index contributed by atoms with van der Waals surface area (Å²) >= 11 is 0. The van der Waals surface area contributed by atoms with E-state index >= 15 is 0 Å². The molecular formula is C18H38N2O. The predicted molar refractivity (Wildman–Crippen MR) is 92.7 cm³/mol. The molecule has 0 heterocycles.